The molecule has 0 aliphatic carbocycles. The van der Waals surface area contributed by atoms with Crippen LogP contribution in [0.25, 0.3) is 0 Å². The highest BCUT2D eigenvalue weighted by Crippen LogP contribution is 2.31. The van der Waals surface area contributed by atoms with Gasteiger partial charge in [-0.3, -0.25) is 4.98 Å². The third-order valence-corrected chi connectivity index (χ3v) is 3.74. The van der Waals surface area contributed by atoms with Gasteiger partial charge in [0.2, 0.25) is 0 Å². The first-order chi connectivity index (χ1) is 8.93. The van der Waals surface area contributed by atoms with Gasteiger partial charge in [-0.2, -0.15) is 0 Å². The Morgan fingerprint density at radius 2 is 2.00 bits per heavy atom. The van der Waals surface area contributed by atoms with Crippen LogP contribution in [0, 0.1) is 5.92 Å². The zero-order chi connectivity index (χ0) is 12.2. The van der Waals surface area contributed by atoms with E-state index in [9.17, 15) is 0 Å². The summed E-state index contributed by atoms with van der Waals surface area (Å²) in [5.74, 6) is 0.677. The van der Waals surface area contributed by atoms with Gasteiger partial charge >= 0.3 is 0 Å². The third-order valence-electron chi connectivity index (χ3n) is 3.74. The Bertz CT molecular complexity index is 481. The lowest BCUT2D eigenvalue weighted by molar-refractivity contribution is 0.459. The van der Waals surface area contributed by atoms with Crippen LogP contribution in [-0.4, -0.2) is 11.5 Å². The summed E-state index contributed by atoms with van der Waals surface area (Å²) >= 11 is 0. The maximum atomic E-state index is 4.23. The van der Waals surface area contributed by atoms with Gasteiger partial charge in [-0.25, -0.2) is 0 Å². The van der Waals surface area contributed by atoms with Crippen LogP contribution in [0.15, 0.2) is 54.9 Å². The number of pyridine rings is 1. The molecule has 1 N–H and O–H groups in total. The molecule has 2 atom stereocenters. The molecule has 0 spiro atoms. The van der Waals surface area contributed by atoms with Crippen molar-refractivity contribution >= 4 is 0 Å². The number of rotatable bonds is 3. The Morgan fingerprint density at radius 1 is 1.11 bits per heavy atom. The summed E-state index contributed by atoms with van der Waals surface area (Å²) in [5.41, 5.74) is 2.75. The fourth-order valence-electron chi connectivity index (χ4n) is 2.84. The van der Waals surface area contributed by atoms with Gasteiger partial charge in [0.15, 0.2) is 0 Å². The average Bonchev–Trinajstić information content (AvgIpc) is 2.89. The largest absolute Gasteiger partial charge is 0.310 e. The van der Waals surface area contributed by atoms with Crippen LogP contribution in [0.3, 0.4) is 0 Å². The number of hydrogen-bond acceptors (Lipinski definition) is 2. The lowest BCUT2D eigenvalue weighted by Gasteiger charge is -2.19. The molecular formula is C16H18N2. The van der Waals surface area contributed by atoms with E-state index in [2.05, 4.69) is 46.7 Å². The number of nitrogens with one attached hydrogen (secondary N) is 1. The number of benzene rings is 1. The summed E-state index contributed by atoms with van der Waals surface area (Å²) in [7, 11) is 0. The van der Waals surface area contributed by atoms with E-state index in [4.69, 9.17) is 0 Å². The standard InChI is InChI=1S/C16H18N2/c1-2-5-13(6-3-1)11-14-8-10-18-16(14)15-7-4-9-17-12-15/h1-7,9,12,14,16,18H,8,10-11H2. The summed E-state index contributed by atoms with van der Waals surface area (Å²) in [6.45, 7) is 1.11. The van der Waals surface area contributed by atoms with E-state index in [1.165, 1.54) is 17.5 Å². The monoisotopic (exact) mass is 238 g/mol. The van der Waals surface area contributed by atoms with Crippen molar-refractivity contribution in [3.63, 3.8) is 0 Å². The highest BCUT2D eigenvalue weighted by atomic mass is 15.0. The van der Waals surface area contributed by atoms with Gasteiger partial charge < -0.3 is 5.32 Å². The maximum Gasteiger partial charge on any atom is 0.0367 e. The van der Waals surface area contributed by atoms with E-state index in [0.717, 1.165) is 13.0 Å². The molecule has 2 unspecified atom stereocenters. The summed E-state index contributed by atoms with van der Waals surface area (Å²) in [6.07, 6.45) is 6.22. The molecule has 3 rings (SSSR count). The number of nitrogens with zero attached hydrogens (tertiary/aromatic N) is 1. The highest BCUT2D eigenvalue weighted by Gasteiger charge is 2.28. The first-order valence-corrected chi connectivity index (χ1v) is 6.61. The molecular weight excluding hydrogens is 220 g/mol. The molecule has 0 radical (unpaired) electrons. The summed E-state index contributed by atoms with van der Waals surface area (Å²) < 4.78 is 0. The zero-order valence-electron chi connectivity index (χ0n) is 10.4. The van der Waals surface area contributed by atoms with Crippen molar-refractivity contribution < 1.29 is 0 Å². The summed E-state index contributed by atoms with van der Waals surface area (Å²) in [6, 6.07) is 15.4. The van der Waals surface area contributed by atoms with Crippen LogP contribution < -0.4 is 5.32 Å². The van der Waals surface area contributed by atoms with Gasteiger partial charge in [-0.15, -0.1) is 0 Å². The molecule has 92 valence electrons. The minimum Gasteiger partial charge on any atom is -0.310 e. The molecule has 0 amide bonds. The Morgan fingerprint density at radius 3 is 2.78 bits per heavy atom. The maximum absolute atomic E-state index is 4.23. The summed E-state index contributed by atoms with van der Waals surface area (Å²) in [4.78, 5) is 4.23. The van der Waals surface area contributed by atoms with Crippen molar-refractivity contribution in [2.24, 2.45) is 5.92 Å². The Kier molecular flexibility index (Phi) is 3.37. The van der Waals surface area contributed by atoms with Crippen molar-refractivity contribution in [3.05, 3.63) is 66.0 Å². The molecule has 1 fully saturated rings. The Hall–Kier alpha value is -1.67. The second kappa shape index (κ2) is 5.32. The second-order valence-electron chi connectivity index (χ2n) is 4.96. The molecule has 0 bridgehead atoms. The molecule has 2 aromatic rings. The van der Waals surface area contributed by atoms with Gasteiger partial charge in [-0.05, 0) is 42.5 Å². The zero-order valence-corrected chi connectivity index (χ0v) is 10.4. The quantitative estimate of drug-likeness (QED) is 0.889. The normalized spacial score (nSPS) is 23.1. The average molecular weight is 238 g/mol. The molecule has 2 heterocycles. The third kappa shape index (κ3) is 2.44. The second-order valence-corrected chi connectivity index (χ2v) is 4.96. The fraction of sp³-hybridized carbons (Fsp3) is 0.312. The van der Waals surface area contributed by atoms with E-state index < -0.39 is 0 Å². The van der Waals surface area contributed by atoms with Crippen LogP contribution in [0.2, 0.25) is 0 Å². The van der Waals surface area contributed by atoms with Crippen molar-refractivity contribution in [2.45, 2.75) is 18.9 Å². The van der Waals surface area contributed by atoms with Crippen LogP contribution in [0.4, 0.5) is 0 Å². The van der Waals surface area contributed by atoms with Gasteiger partial charge in [0.1, 0.15) is 0 Å². The van der Waals surface area contributed by atoms with Crippen LogP contribution in [-0.2, 0) is 6.42 Å². The number of hydrogen-bond donors (Lipinski definition) is 1. The van der Waals surface area contributed by atoms with Crippen molar-refractivity contribution in [1.29, 1.82) is 0 Å². The minimum absolute atomic E-state index is 0.457. The van der Waals surface area contributed by atoms with Crippen molar-refractivity contribution in [1.82, 2.24) is 10.3 Å². The Balaban J connectivity index is 1.76. The molecule has 1 aromatic carbocycles. The van der Waals surface area contributed by atoms with E-state index in [1.807, 2.05) is 18.5 Å². The predicted molar refractivity (Wildman–Crippen MR) is 73.2 cm³/mol. The molecule has 0 saturated carbocycles. The summed E-state index contributed by atoms with van der Waals surface area (Å²) in [5, 5.41) is 3.60. The molecule has 1 aliphatic heterocycles. The molecule has 1 aromatic heterocycles. The van der Waals surface area contributed by atoms with E-state index in [1.54, 1.807) is 0 Å². The molecule has 2 nitrogen and oxygen atoms in total. The number of aromatic nitrogens is 1. The van der Waals surface area contributed by atoms with Crippen LogP contribution in [0.1, 0.15) is 23.6 Å². The Labute approximate surface area is 108 Å². The molecule has 18 heavy (non-hydrogen) atoms. The predicted octanol–water partition coefficient (Wildman–Crippen LogP) is 2.97. The first-order valence-electron chi connectivity index (χ1n) is 6.61. The van der Waals surface area contributed by atoms with Crippen molar-refractivity contribution in [2.75, 3.05) is 6.54 Å². The fourth-order valence-corrected chi connectivity index (χ4v) is 2.84. The smallest absolute Gasteiger partial charge is 0.0367 e. The van der Waals surface area contributed by atoms with Gasteiger partial charge in [-0.1, -0.05) is 36.4 Å². The van der Waals surface area contributed by atoms with E-state index in [0.29, 0.717) is 12.0 Å². The van der Waals surface area contributed by atoms with Gasteiger partial charge in [0, 0.05) is 18.4 Å². The highest BCUT2D eigenvalue weighted by molar-refractivity contribution is 5.20. The van der Waals surface area contributed by atoms with E-state index in [-0.39, 0.29) is 0 Å². The van der Waals surface area contributed by atoms with Crippen LogP contribution >= 0.6 is 0 Å². The van der Waals surface area contributed by atoms with Crippen molar-refractivity contribution in [3.8, 4) is 0 Å². The minimum atomic E-state index is 0.457. The molecule has 1 saturated heterocycles. The SMILES string of the molecule is c1ccc(CC2CCNC2c2cccnc2)cc1. The van der Waals surface area contributed by atoms with Gasteiger partial charge in [0.25, 0.3) is 0 Å². The van der Waals surface area contributed by atoms with Crippen LogP contribution in [0.5, 0.6) is 0 Å². The van der Waals surface area contributed by atoms with E-state index >= 15 is 0 Å². The lowest BCUT2D eigenvalue weighted by Crippen LogP contribution is -2.19. The molecule has 2 heteroatoms. The first kappa shape index (κ1) is 11.4. The lowest BCUT2D eigenvalue weighted by atomic mass is 9.89. The topological polar surface area (TPSA) is 24.9 Å². The molecule has 1 aliphatic rings. The van der Waals surface area contributed by atoms with Gasteiger partial charge in [0.05, 0.1) is 0 Å².